The lowest BCUT2D eigenvalue weighted by Gasteiger charge is -2.23. The number of aliphatic hydroxyl groups is 2. The van der Waals surface area contributed by atoms with E-state index in [0.717, 1.165) is 16.7 Å². The van der Waals surface area contributed by atoms with Gasteiger partial charge in [-0.2, -0.15) is 0 Å². The monoisotopic (exact) mass is 545 g/mol. The van der Waals surface area contributed by atoms with Gasteiger partial charge in [-0.25, -0.2) is 19.3 Å². The summed E-state index contributed by atoms with van der Waals surface area (Å²) in [6, 6.07) is 19.3. The molecule has 0 spiro atoms. The number of aryl methyl sites for hydroxylation is 1. The molecule has 0 bridgehead atoms. The molecule has 1 aromatic carbocycles. The van der Waals surface area contributed by atoms with Crippen molar-refractivity contribution >= 4 is 17.4 Å². The van der Waals surface area contributed by atoms with Gasteiger partial charge in [0.1, 0.15) is 17.5 Å². The van der Waals surface area contributed by atoms with Gasteiger partial charge in [-0.1, -0.05) is 29.8 Å². The molecule has 3 aromatic heterocycles. The summed E-state index contributed by atoms with van der Waals surface area (Å²) in [5, 5.41) is 19.1. The van der Waals surface area contributed by atoms with Crippen molar-refractivity contribution in [2.45, 2.75) is 13.3 Å². The molecule has 0 aliphatic carbocycles. The van der Waals surface area contributed by atoms with Crippen molar-refractivity contribution < 1.29 is 14.6 Å². The van der Waals surface area contributed by atoms with Crippen LogP contribution in [0, 0.1) is 12.7 Å². The number of nitrogens with zero attached hydrogens (tertiary/aromatic N) is 5. The largest absolute Gasteiger partial charge is 0.396 e. The maximum Gasteiger partial charge on any atom is 0.132 e. The molecule has 39 heavy (non-hydrogen) atoms. The second kappa shape index (κ2) is 13.7. The molecular weight excluding hydrogens is 517 g/mol. The van der Waals surface area contributed by atoms with E-state index in [1.807, 2.05) is 41.3 Å². The molecule has 0 amide bonds. The van der Waals surface area contributed by atoms with Crippen LogP contribution in [0.25, 0.3) is 33.6 Å². The minimum Gasteiger partial charge on any atom is -0.396 e. The van der Waals surface area contributed by atoms with Crippen molar-refractivity contribution in [3.8, 4) is 33.6 Å². The molecule has 0 aliphatic rings. The number of aliphatic hydroxyl groups excluding tert-OH is 2. The third-order valence-electron chi connectivity index (χ3n) is 5.89. The second-order valence-electron chi connectivity index (χ2n) is 8.73. The average molecular weight is 546 g/mol. The van der Waals surface area contributed by atoms with E-state index in [9.17, 15) is 14.6 Å². The van der Waals surface area contributed by atoms with Gasteiger partial charge in [0, 0.05) is 60.0 Å². The highest BCUT2D eigenvalue weighted by Gasteiger charge is 2.12. The zero-order valence-corrected chi connectivity index (χ0v) is 22.3. The fourth-order valence-electron chi connectivity index (χ4n) is 4.02. The van der Waals surface area contributed by atoms with Crippen molar-refractivity contribution in [2.75, 3.05) is 31.2 Å². The van der Waals surface area contributed by atoms with E-state index < -0.39 is 5.82 Å². The summed E-state index contributed by atoms with van der Waals surface area (Å²) in [5.41, 5.74) is 3.66. The summed E-state index contributed by atoms with van der Waals surface area (Å²) in [4.78, 5) is 20.0. The topological polar surface area (TPSA) is 95.3 Å². The number of pyridine rings is 2. The third kappa shape index (κ3) is 7.54. The van der Waals surface area contributed by atoms with Crippen LogP contribution in [0.1, 0.15) is 12.2 Å². The van der Waals surface area contributed by atoms with E-state index in [0.29, 0.717) is 47.6 Å². The first-order valence-electron chi connectivity index (χ1n) is 12.5. The van der Waals surface area contributed by atoms with Gasteiger partial charge in [0.25, 0.3) is 0 Å². The van der Waals surface area contributed by atoms with Gasteiger partial charge >= 0.3 is 0 Å². The SMILES string of the molecule is Cc1nccccc(-c2cncc(-c3cccc(N(CCO)CCCO)n3)c2)cc(-c2cc(Cl)ccc2F)n1. The molecule has 0 radical (unpaired) electrons. The standard InChI is InChI=1S/C30H29ClFN5O2/c1-21-34-11-3-2-6-22(17-29(35-21)26-18-25(31)9-10-27(26)32)23-16-24(20-33-19-23)28-7-4-8-30(36-28)37(13-15-39)12-5-14-38/h2-4,6-11,16-20,38-39H,5,12-15H2,1H3. The van der Waals surface area contributed by atoms with Gasteiger partial charge in [0.2, 0.25) is 0 Å². The van der Waals surface area contributed by atoms with E-state index in [4.69, 9.17) is 16.6 Å². The molecule has 4 rings (SSSR count). The predicted octanol–water partition coefficient (Wildman–Crippen LogP) is 5.67. The van der Waals surface area contributed by atoms with Gasteiger partial charge in [-0.3, -0.25) is 4.98 Å². The number of benzene rings is 1. The maximum atomic E-state index is 14.9. The Balaban J connectivity index is 1.81. The molecule has 0 fully saturated rings. The van der Waals surface area contributed by atoms with Crippen LogP contribution in [0.5, 0.6) is 0 Å². The molecule has 0 saturated carbocycles. The lowest BCUT2D eigenvalue weighted by molar-refractivity contribution is 0.281. The zero-order chi connectivity index (χ0) is 27.6. The van der Waals surface area contributed by atoms with Crippen LogP contribution in [0.3, 0.4) is 0 Å². The summed E-state index contributed by atoms with van der Waals surface area (Å²) >= 11 is 6.18. The minimum atomic E-state index is -0.445. The third-order valence-corrected chi connectivity index (χ3v) is 6.13. The smallest absolute Gasteiger partial charge is 0.132 e. The van der Waals surface area contributed by atoms with E-state index >= 15 is 0 Å². The van der Waals surface area contributed by atoms with Crippen LogP contribution in [0.2, 0.25) is 5.02 Å². The first-order valence-corrected chi connectivity index (χ1v) is 12.9. The molecule has 0 atom stereocenters. The Labute approximate surface area is 232 Å². The van der Waals surface area contributed by atoms with Crippen molar-refractivity contribution in [3.63, 3.8) is 0 Å². The molecule has 0 aliphatic heterocycles. The van der Waals surface area contributed by atoms with Gasteiger partial charge in [0.05, 0.1) is 18.0 Å². The number of halogens is 2. The molecule has 0 unspecified atom stereocenters. The minimum absolute atomic E-state index is 0.0232. The Hall–Kier alpha value is -3.98. The number of anilines is 1. The first kappa shape index (κ1) is 28.0. The van der Waals surface area contributed by atoms with E-state index in [1.165, 1.54) is 12.1 Å². The van der Waals surface area contributed by atoms with E-state index in [-0.39, 0.29) is 18.8 Å². The molecule has 7 nitrogen and oxygen atoms in total. The molecule has 3 heterocycles. The summed E-state index contributed by atoms with van der Waals surface area (Å²) in [5.74, 6) is 0.719. The van der Waals surface area contributed by atoms with Crippen molar-refractivity contribution in [2.24, 2.45) is 0 Å². The molecule has 4 aromatic rings. The number of rotatable bonds is 9. The lowest BCUT2D eigenvalue weighted by atomic mass is 10.0. The highest BCUT2D eigenvalue weighted by Crippen LogP contribution is 2.29. The Morgan fingerprint density at radius 3 is 2.49 bits per heavy atom. The Morgan fingerprint density at radius 2 is 1.67 bits per heavy atom. The molecular formula is C30H29ClFN5O2. The molecule has 2 N–H and O–H groups in total. The first-order chi connectivity index (χ1) is 19.0. The predicted molar refractivity (Wildman–Crippen MR) is 152 cm³/mol. The summed E-state index contributed by atoms with van der Waals surface area (Å²) in [7, 11) is 0. The normalized spacial score (nSPS) is 10.7. The Kier molecular flexibility index (Phi) is 9.85. The van der Waals surface area contributed by atoms with Crippen molar-refractivity contribution in [1.82, 2.24) is 19.9 Å². The van der Waals surface area contributed by atoms with Gasteiger partial charge in [-0.05, 0) is 67.4 Å². The molecule has 200 valence electrons. The fourth-order valence-corrected chi connectivity index (χ4v) is 4.20. The lowest BCUT2D eigenvalue weighted by Crippen LogP contribution is -2.29. The summed E-state index contributed by atoms with van der Waals surface area (Å²) in [6.07, 6.45) is 5.65. The Bertz CT molecular complexity index is 1490. The number of hydrogen-bond donors (Lipinski definition) is 2. The summed E-state index contributed by atoms with van der Waals surface area (Å²) < 4.78 is 14.9. The van der Waals surface area contributed by atoms with Crippen molar-refractivity contribution in [3.05, 3.63) is 102 Å². The average Bonchev–Trinajstić information content (AvgIpc) is 2.95. The van der Waals surface area contributed by atoms with Gasteiger partial charge in [-0.15, -0.1) is 0 Å². The highest BCUT2D eigenvalue weighted by atomic mass is 35.5. The van der Waals surface area contributed by atoms with Gasteiger partial charge < -0.3 is 15.1 Å². The van der Waals surface area contributed by atoms with Crippen LogP contribution in [-0.4, -0.2) is 56.5 Å². The zero-order valence-electron chi connectivity index (χ0n) is 21.5. The van der Waals surface area contributed by atoms with Crippen LogP contribution in [-0.2, 0) is 0 Å². The molecule has 0 saturated heterocycles. The van der Waals surface area contributed by atoms with Crippen molar-refractivity contribution in [1.29, 1.82) is 0 Å². The second-order valence-corrected chi connectivity index (χ2v) is 9.17. The van der Waals surface area contributed by atoms with Gasteiger partial charge in [0.15, 0.2) is 0 Å². The van der Waals surface area contributed by atoms with E-state index in [1.54, 1.807) is 43.7 Å². The quantitative estimate of drug-likeness (QED) is 0.279. The number of hydrogen-bond acceptors (Lipinski definition) is 7. The van der Waals surface area contributed by atoms with E-state index in [2.05, 4.69) is 15.0 Å². The Morgan fingerprint density at radius 1 is 0.821 bits per heavy atom. The maximum absolute atomic E-state index is 14.9. The number of aromatic nitrogens is 4. The van der Waals surface area contributed by atoms with Crippen LogP contribution >= 0.6 is 11.6 Å². The van der Waals surface area contributed by atoms with Crippen LogP contribution in [0.15, 0.2) is 85.3 Å². The van der Waals surface area contributed by atoms with Crippen LogP contribution in [0.4, 0.5) is 10.2 Å². The highest BCUT2D eigenvalue weighted by molar-refractivity contribution is 6.30. The van der Waals surface area contributed by atoms with Crippen LogP contribution < -0.4 is 4.90 Å². The molecule has 9 heteroatoms. The fraction of sp³-hybridized carbons (Fsp3) is 0.200. The summed E-state index contributed by atoms with van der Waals surface area (Å²) in [6.45, 7) is 2.76.